The molecule has 8 heteroatoms. The molecule has 0 heterocycles. The molecule has 0 saturated heterocycles. The number of rotatable bonds is 9. The van der Waals surface area contributed by atoms with Gasteiger partial charge in [0, 0.05) is 38.7 Å². The Bertz CT molecular complexity index is 884. The van der Waals surface area contributed by atoms with Gasteiger partial charge in [0.25, 0.3) is 0 Å². The Balaban J connectivity index is 2.38. The molecule has 1 unspecified atom stereocenters. The van der Waals surface area contributed by atoms with Crippen LogP contribution in [0.5, 0.6) is 0 Å². The van der Waals surface area contributed by atoms with Crippen LogP contribution in [0.15, 0.2) is 36.4 Å². The number of halogens is 4. The van der Waals surface area contributed by atoms with Gasteiger partial charge in [-0.15, -0.1) is 0 Å². The van der Waals surface area contributed by atoms with Gasteiger partial charge >= 0.3 is 0 Å². The zero-order valence-corrected chi connectivity index (χ0v) is 19.9. The van der Waals surface area contributed by atoms with Crippen molar-refractivity contribution in [2.45, 2.75) is 45.7 Å². The molecule has 0 radical (unpaired) electrons. The Hall–Kier alpha value is -1.46. The topological polar surface area (TPSA) is 49.4 Å². The van der Waals surface area contributed by atoms with Crippen molar-refractivity contribution in [3.8, 4) is 0 Å². The Labute approximate surface area is 197 Å². The van der Waals surface area contributed by atoms with Gasteiger partial charge in [-0.1, -0.05) is 72.4 Å². The number of hydrogen-bond donors (Lipinski definition) is 1. The third-order valence-corrected chi connectivity index (χ3v) is 5.98. The van der Waals surface area contributed by atoms with Crippen molar-refractivity contribution >= 4 is 58.2 Å². The van der Waals surface area contributed by atoms with Gasteiger partial charge in [-0.05, 0) is 42.7 Å². The van der Waals surface area contributed by atoms with E-state index in [-0.39, 0.29) is 24.8 Å². The van der Waals surface area contributed by atoms with Gasteiger partial charge in [-0.2, -0.15) is 0 Å². The molecule has 4 nitrogen and oxygen atoms in total. The first-order valence-electron chi connectivity index (χ1n) is 9.72. The minimum Gasteiger partial charge on any atom is -0.354 e. The van der Waals surface area contributed by atoms with E-state index in [9.17, 15) is 9.59 Å². The molecule has 1 atom stereocenters. The summed E-state index contributed by atoms with van der Waals surface area (Å²) in [6, 6.07) is 9.46. The molecule has 2 aromatic carbocycles. The SMILES string of the molecule is CCCNC(=O)C(CC)N(Cc1c(Cl)cccc1Cl)C(=O)Cc1ccc(Cl)cc1Cl. The normalized spacial score (nSPS) is 11.8. The standard InChI is InChI=1S/C22H24Cl4N2O2/c1-3-10-27-22(30)20(4-2)28(13-16-17(24)6-5-7-18(16)25)21(29)11-14-8-9-15(23)12-19(14)26/h5-9,12,20H,3-4,10-11,13H2,1-2H3,(H,27,30). The lowest BCUT2D eigenvalue weighted by Crippen LogP contribution is -2.49. The van der Waals surface area contributed by atoms with Crippen LogP contribution in [-0.2, 0) is 22.6 Å². The van der Waals surface area contributed by atoms with Gasteiger partial charge in [-0.3, -0.25) is 9.59 Å². The number of carbonyl (C=O) groups excluding carboxylic acids is 2. The first kappa shape index (κ1) is 24.8. The average molecular weight is 490 g/mol. The predicted octanol–water partition coefficient (Wildman–Crippen LogP) is 6.18. The van der Waals surface area contributed by atoms with E-state index >= 15 is 0 Å². The van der Waals surface area contributed by atoms with Gasteiger partial charge in [0.2, 0.25) is 11.8 Å². The van der Waals surface area contributed by atoms with Crippen LogP contribution in [-0.4, -0.2) is 29.3 Å². The van der Waals surface area contributed by atoms with Crippen LogP contribution in [0.25, 0.3) is 0 Å². The van der Waals surface area contributed by atoms with E-state index in [0.717, 1.165) is 6.42 Å². The van der Waals surface area contributed by atoms with Crippen LogP contribution in [0, 0.1) is 0 Å². The van der Waals surface area contributed by atoms with Crippen molar-refractivity contribution < 1.29 is 9.59 Å². The number of nitrogens with one attached hydrogen (secondary N) is 1. The number of carbonyl (C=O) groups is 2. The van der Waals surface area contributed by atoms with E-state index in [1.54, 1.807) is 36.4 Å². The molecule has 0 spiro atoms. The Morgan fingerprint density at radius 1 is 1.00 bits per heavy atom. The van der Waals surface area contributed by atoms with E-state index in [1.165, 1.54) is 4.90 Å². The molecule has 30 heavy (non-hydrogen) atoms. The Morgan fingerprint density at radius 2 is 1.67 bits per heavy atom. The molecule has 2 amide bonds. The fourth-order valence-corrected chi connectivity index (χ4v) is 4.06. The smallest absolute Gasteiger partial charge is 0.242 e. The van der Waals surface area contributed by atoms with Crippen molar-refractivity contribution in [3.05, 3.63) is 67.6 Å². The summed E-state index contributed by atoms with van der Waals surface area (Å²) in [5.74, 6) is -0.466. The van der Waals surface area contributed by atoms with E-state index in [0.29, 0.717) is 44.2 Å². The number of amides is 2. The molecule has 1 N–H and O–H groups in total. The lowest BCUT2D eigenvalue weighted by atomic mass is 10.1. The van der Waals surface area contributed by atoms with Crippen LogP contribution in [0.3, 0.4) is 0 Å². The van der Waals surface area contributed by atoms with Crippen molar-refractivity contribution in [2.75, 3.05) is 6.54 Å². The van der Waals surface area contributed by atoms with Crippen LogP contribution in [0.1, 0.15) is 37.8 Å². The summed E-state index contributed by atoms with van der Waals surface area (Å²) < 4.78 is 0. The summed E-state index contributed by atoms with van der Waals surface area (Å²) in [6.07, 6.45) is 1.26. The molecule has 2 aromatic rings. The van der Waals surface area contributed by atoms with Gasteiger partial charge in [0.05, 0.1) is 6.42 Å². The number of benzene rings is 2. The average Bonchev–Trinajstić information content (AvgIpc) is 2.70. The molecule has 0 aliphatic heterocycles. The number of nitrogens with zero attached hydrogens (tertiary/aromatic N) is 1. The van der Waals surface area contributed by atoms with E-state index < -0.39 is 6.04 Å². The molecular weight excluding hydrogens is 466 g/mol. The summed E-state index contributed by atoms with van der Waals surface area (Å²) in [7, 11) is 0. The lowest BCUT2D eigenvalue weighted by molar-refractivity contribution is -0.140. The molecule has 2 rings (SSSR count). The zero-order valence-electron chi connectivity index (χ0n) is 16.9. The maximum absolute atomic E-state index is 13.3. The molecule has 0 saturated carbocycles. The summed E-state index contributed by atoms with van der Waals surface area (Å²) in [5.41, 5.74) is 1.23. The minimum atomic E-state index is -0.664. The Kier molecular flexibility index (Phi) is 9.76. The minimum absolute atomic E-state index is 0.0234. The molecule has 0 aliphatic carbocycles. The molecule has 0 aromatic heterocycles. The molecule has 0 bridgehead atoms. The third-order valence-electron chi connectivity index (χ3n) is 4.68. The second-order valence-electron chi connectivity index (χ2n) is 6.85. The highest BCUT2D eigenvalue weighted by atomic mass is 35.5. The maximum atomic E-state index is 13.3. The highest BCUT2D eigenvalue weighted by molar-refractivity contribution is 6.36. The first-order chi connectivity index (χ1) is 14.3. The Morgan fingerprint density at radius 3 is 2.23 bits per heavy atom. The highest BCUT2D eigenvalue weighted by Gasteiger charge is 2.29. The third kappa shape index (κ3) is 6.52. The zero-order chi connectivity index (χ0) is 22.3. The van der Waals surface area contributed by atoms with Crippen molar-refractivity contribution in [3.63, 3.8) is 0 Å². The fraction of sp³-hybridized carbons (Fsp3) is 0.364. The summed E-state index contributed by atoms with van der Waals surface area (Å²) >= 11 is 24.9. The quantitative estimate of drug-likeness (QED) is 0.457. The van der Waals surface area contributed by atoms with Crippen LogP contribution >= 0.6 is 46.4 Å². The van der Waals surface area contributed by atoms with Crippen LogP contribution in [0.2, 0.25) is 20.1 Å². The summed E-state index contributed by atoms with van der Waals surface area (Å²) in [6.45, 7) is 4.48. The van der Waals surface area contributed by atoms with Crippen LogP contribution in [0.4, 0.5) is 0 Å². The molecular formula is C22H24Cl4N2O2. The first-order valence-corrected chi connectivity index (χ1v) is 11.2. The van der Waals surface area contributed by atoms with E-state index in [4.69, 9.17) is 46.4 Å². The fourth-order valence-electron chi connectivity index (χ4n) is 3.07. The van der Waals surface area contributed by atoms with Gasteiger partial charge in [0.1, 0.15) is 6.04 Å². The van der Waals surface area contributed by atoms with Gasteiger partial charge in [0.15, 0.2) is 0 Å². The van der Waals surface area contributed by atoms with Crippen molar-refractivity contribution in [1.29, 1.82) is 0 Å². The predicted molar refractivity (Wildman–Crippen MR) is 125 cm³/mol. The maximum Gasteiger partial charge on any atom is 0.242 e. The monoisotopic (exact) mass is 488 g/mol. The van der Waals surface area contributed by atoms with Crippen molar-refractivity contribution in [2.24, 2.45) is 0 Å². The lowest BCUT2D eigenvalue weighted by Gasteiger charge is -2.31. The second-order valence-corrected chi connectivity index (χ2v) is 8.51. The molecule has 0 fully saturated rings. The molecule has 0 aliphatic rings. The van der Waals surface area contributed by atoms with E-state index in [1.807, 2.05) is 13.8 Å². The van der Waals surface area contributed by atoms with E-state index in [2.05, 4.69) is 5.32 Å². The summed E-state index contributed by atoms with van der Waals surface area (Å²) in [5, 5.41) is 4.64. The second kappa shape index (κ2) is 11.8. The van der Waals surface area contributed by atoms with Gasteiger partial charge < -0.3 is 10.2 Å². The van der Waals surface area contributed by atoms with Crippen LogP contribution < -0.4 is 5.32 Å². The highest BCUT2D eigenvalue weighted by Crippen LogP contribution is 2.28. The van der Waals surface area contributed by atoms with Crippen molar-refractivity contribution in [1.82, 2.24) is 10.2 Å². The number of hydrogen-bond acceptors (Lipinski definition) is 2. The van der Waals surface area contributed by atoms with Gasteiger partial charge in [-0.25, -0.2) is 0 Å². The molecule has 162 valence electrons. The summed E-state index contributed by atoms with van der Waals surface area (Å²) in [4.78, 5) is 27.6. The largest absolute Gasteiger partial charge is 0.354 e.